The van der Waals surface area contributed by atoms with E-state index in [1.807, 2.05) is 6.07 Å². The van der Waals surface area contributed by atoms with Crippen molar-refractivity contribution in [3.63, 3.8) is 0 Å². The molecule has 1 unspecified atom stereocenters. The summed E-state index contributed by atoms with van der Waals surface area (Å²) in [5.41, 5.74) is 3.14. The van der Waals surface area contributed by atoms with Crippen LogP contribution in [-0.2, 0) is 13.0 Å². The number of hydrogen-bond donors (Lipinski definition) is 1. The highest BCUT2D eigenvalue weighted by Crippen LogP contribution is 2.32. The second-order valence-electron chi connectivity index (χ2n) is 5.59. The van der Waals surface area contributed by atoms with Gasteiger partial charge in [-0.25, -0.2) is 4.39 Å². The molecule has 0 radical (unpaired) electrons. The highest BCUT2D eigenvalue weighted by atomic mass is 19.1. The zero-order chi connectivity index (χ0) is 14.1. The zero-order valence-corrected chi connectivity index (χ0v) is 11.5. The molecule has 0 aromatic heterocycles. The fraction of sp³-hybridized carbons (Fsp3) is 0.294. The monoisotopic (exact) mass is 271 g/mol. The van der Waals surface area contributed by atoms with Crippen molar-refractivity contribution in [1.82, 2.24) is 0 Å². The molecule has 0 aliphatic carbocycles. The van der Waals surface area contributed by atoms with Gasteiger partial charge in [-0.2, -0.15) is 0 Å². The number of para-hydroxylation sites is 1. The summed E-state index contributed by atoms with van der Waals surface area (Å²) < 4.78 is 13.3. The van der Waals surface area contributed by atoms with E-state index in [0.717, 1.165) is 13.0 Å². The van der Waals surface area contributed by atoms with Gasteiger partial charge in [-0.3, -0.25) is 0 Å². The van der Waals surface area contributed by atoms with E-state index in [0.29, 0.717) is 18.0 Å². The number of benzene rings is 2. The summed E-state index contributed by atoms with van der Waals surface area (Å²) in [6.45, 7) is 3.67. The highest BCUT2D eigenvalue weighted by Gasteiger charge is 2.22. The van der Waals surface area contributed by atoms with Crippen molar-refractivity contribution >= 4 is 5.69 Å². The summed E-state index contributed by atoms with van der Waals surface area (Å²) >= 11 is 0. The summed E-state index contributed by atoms with van der Waals surface area (Å²) in [6, 6.07) is 12.4. The smallest absolute Gasteiger partial charge is 0.123 e. The van der Waals surface area contributed by atoms with Gasteiger partial charge in [0.2, 0.25) is 0 Å². The van der Waals surface area contributed by atoms with Crippen LogP contribution in [0, 0.1) is 11.7 Å². The maximum atomic E-state index is 13.3. The van der Waals surface area contributed by atoms with Crippen LogP contribution in [0.3, 0.4) is 0 Å². The molecule has 104 valence electrons. The standard InChI is InChI=1S/C17H18FNO/c1-12-8-13-4-2-3-5-16(13)19(10-12)11-14-9-15(18)6-7-17(14)20/h2-7,9,12,20H,8,10-11H2,1H3. The molecule has 3 rings (SSSR count). The first-order valence-electron chi connectivity index (χ1n) is 6.93. The van der Waals surface area contributed by atoms with E-state index in [2.05, 4.69) is 30.0 Å². The molecule has 0 fully saturated rings. The molecule has 20 heavy (non-hydrogen) atoms. The van der Waals surface area contributed by atoms with Gasteiger partial charge in [0.05, 0.1) is 0 Å². The summed E-state index contributed by atoms with van der Waals surface area (Å²) in [7, 11) is 0. The van der Waals surface area contributed by atoms with Gasteiger partial charge in [0.15, 0.2) is 0 Å². The van der Waals surface area contributed by atoms with Crippen molar-refractivity contribution in [3.8, 4) is 5.75 Å². The number of phenolic OH excluding ortho intramolecular Hbond substituents is 1. The molecule has 0 bridgehead atoms. The quantitative estimate of drug-likeness (QED) is 0.899. The summed E-state index contributed by atoms with van der Waals surface area (Å²) in [5.74, 6) is 0.402. The first-order valence-corrected chi connectivity index (χ1v) is 6.93. The normalized spacial score (nSPS) is 17.9. The van der Waals surface area contributed by atoms with Gasteiger partial charge < -0.3 is 10.0 Å². The molecule has 1 aliphatic heterocycles. The number of fused-ring (bicyclic) bond motifs is 1. The first kappa shape index (κ1) is 13.0. The molecule has 1 atom stereocenters. The Kier molecular flexibility index (Phi) is 3.35. The lowest BCUT2D eigenvalue weighted by molar-refractivity contribution is 0.460. The minimum absolute atomic E-state index is 0.155. The Bertz CT molecular complexity index is 626. The minimum atomic E-state index is -0.309. The van der Waals surface area contributed by atoms with Crippen LogP contribution in [0.2, 0.25) is 0 Å². The van der Waals surface area contributed by atoms with Crippen LogP contribution in [0.25, 0.3) is 0 Å². The molecule has 1 heterocycles. The molecule has 0 amide bonds. The molecule has 1 N–H and O–H groups in total. The fourth-order valence-corrected chi connectivity index (χ4v) is 2.94. The number of rotatable bonds is 2. The third kappa shape index (κ3) is 2.48. The van der Waals surface area contributed by atoms with E-state index in [1.165, 1.54) is 29.4 Å². The zero-order valence-electron chi connectivity index (χ0n) is 11.5. The number of halogens is 1. The van der Waals surface area contributed by atoms with E-state index in [4.69, 9.17) is 0 Å². The van der Waals surface area contributed by atoms with Crippen molar-refractivity contribution in [2.24, 2.45) is 5.92 Å². The highest BCUT2D eigenvalue weighted by molar-refractivity contribution is 5.56. The van der Waals surface area contributed by atoms with Crippen LogP contribution in [0.4, 0.5) is 10.1 Å². The molecular weight excluding hydrogens is 253 g/mol. The predicted octanol–water partition coefficient (Wildman–Crippen LogP) is 3.73. The molecule has 2 nitrogen and oxygen atoms in total. The molecule has 0 saturated carbocycles. The Morgan fingerprint density at radius 3 is 2.90 bits per heavy atom. The number of phenols is 1. The van der Waals surface area contributed by atoms with Crippen molar-refractivity contribution in [2.75, 3.05) is 11.4 Å². The predicted molar refractivity (Wildman–Crippen MR) is 78.4 cm³/mol. The molecular formula is C17H18FNO. The lowest BCUT2D eigenvalue weighted by Gasteiger charge is -2.35. The number of aromatic hydroxyl groups is 1. The summed E-state index contributed by atoms with van der Waals surface area (Å²) in [5, 5.41) is 9.89. The number of nitrogens with zero attached hydrogens (tertiary/aromatic N) is 1. The van der Waals surface area contributed by atoms with Crippen molar-refractivity contribution < 1.29 is 9.50 Å². The Morgan fingerprint density at radius 1 is 1.25 bits per heavy atom. The van der Waals surface area contributed by atoms with Gasteiger partial charge in [-0.15, -0.1) is 0 Å². The molecule has 2 aromatic carbocycles. The summed E-state index contributed by atoms with van der Waals surface area (Å²) in [4.78, 5) is 2.22. The Balaban J connectivity index is 1.93. The van der Waals surface area contributed by atoms with Crippen LogP contribution in [0.1, 0.15) is 18.1 Å². The second kappa shape index (κ2) is 5.16. The van der Waals surface area contributed by atoms with Gasteiger partial charge in [0.1, 0.15) is 11.6 Å². The SMILES string of the molecule is CC1Cc2ccccc2N(Cc2cc(F)ccc2O)C1. The van der Waals surface area contributed by atoms with Crippen LogP contribution in [-0.4, -0.2) is 11.7 Å². The number of hydrogen-bond acceptors (Lipinski definition) is 2. The molecule has 0 saturated heterocycles. The van der Waals surface area contributed by atoms with Gasteiger partial charge in [-0.05, 0) is 42.2 Å². The Labute approximate surface area is 118 Å². The first-order chi connectivity index (χ1) is 9.63. The van der Waals surface area contributed by atoms with Gasteiger partial charge in [0, 0.05) is 24.3 Å². The van der Waals surface area contributed by atoms with Gasteiger partial charge >= 0.3 is 0 Å². The topological polar surface area (TPSA) is 23.5 Å². The maximum Gasteiger partial charge on any atom is 0.123 e. The summed E-state index contributed by atoms with van der Waals surface area (Å²) in [6.07, 6.45) is 1.07. The average Bonchev–Trinajstić information content (AvgIpc) is 2.43. The second-order valence-corrected chi connectivity index (χ2v) is 5.59. The van der Waals surface area contributed by atoms with E-state index in [-0.39, 0.29) is 11.6 Å². The van der Waals surface area contributed by atoms with E-state index in [9.17, 15) is 9.50 Å². The third-order valence-electron chi connectivity index (χ3n) is 3.84. The van der Waals surface area contributed by atoms with Crippen LogP contribution in [0.15, 0.2) is 42.5 Å². The Hall–Kier alpha value is -2.03. The largest absolute Gasteiger partial charge is 0.508 e. The maximum absolute atomic E-state index is 13.3. The van der Waals surface area contributed by atoms with Crippen LogP contribution < -0.4 is 4.90 Å². The van der Waals surface area contributed by atoms with E-state index in [1.54, 1.807) is 0 Å². The molecule has 0 spiro atoms. The minimum Gasteiger partial charge on any atom is -0.508 e. The third-order valence-corrected chi connectivity index (χ3v) is 3.84. The average molecular weight is 271 g/mol. The van der Waals surface area contributed by atoms with Crippen LogP contribution in [0.5, 0.6) is 5.75 Å². The van der Waals surface area contributed by atoms with E-state index >= 15 is 0 Å². The van der Waals surface area contributed by atoms with Crippen LogP contribution >= 0.6 is 0 Å². The lowest BCUT2D eigenvalue weighted by atomic mass is 9.93. The van der Waals surface area contributed by atoms with E-state index < -0.39 is 0 Å². The fourth-order valence-electron chi connectivity index (χ4n) is 2.94. The molecule has 3 heteroatoms. The van der Waals surface area contributed by atoms with Gasteiger partial charge in [-0.1, -0.05) is 25.1 Å². The Morgan fingerprint density at radius 2 is 2.05 bits per heavy atom. The van der Waals surface area contributed by atoms with Crippen molar-refractivity contribution in [3.05, 3.63) is 59.4 Å². The van der Waals surface area contributed by atoms with Gasteiger partial charge in [0.25, 0.3) is 0 Å². The van der Waals surface area contributed by atoms with Crippen molar-refractivity contribution in [2.45, 2.75) is 19.9 Å². The van der Waals surface area contributed by atoms with Crippen molar-refractivity contribution in [1.29, 1.82) is 0 Å². The molecule has 2 aromatic rings. The molecule has 1 aliphatic rings. The lowest BCUT2D eigenvalue weighted by Crippen LogP contribution is -2.33. The number of anilines is 1.